The monoisotopic (exact) mass is 138 g/mol. The minimum Gasteiger partial charge on any atom is -0.0658 e. The molecule has 0 amide bonds. The van der Waals surface area contributed by atoms with E-state index in [2.05, 4.69) is 13.8 Å². The zero-order valence-electron chi connectivity index (χ0n) is 7.40. The first-order valence-corrected chi connectivity index (χ1v) is 4.86. The van der Waals surface area contributed by atoms with Gasteiger partial charge in [0, 0.05) is 0 Å². The fourth-order valence-corrected chi connectivity index (χ4v) is 2.14. The Kier molecular flexibility index (Phi) is 3.31. The van der Waals surface area contributed by atoms with Crippen LogP contribution in [0.3, 0.4) is 0 Å². The normalized spacial score (nSPS) is 33.4. The highest BCUT2D eigenvalue weighted by atomic mass is 14.1. The minimum absolute atomic E-state index is 1.07. The molecule has 0 N–H and O–H groups in total. The van der Waals surface area contributed by atoms with Gasteiger partial charge in [-0.15, -0.1) is 0 Å². The lowest BCUT2D eigenvalue weighted by Crippen LogP contribution is -2.15. The summed E-state index contributed by atoms with van der Waals surface area (Å²) < 4.78 is 0. The summed E-state index contributed by atoms with van der Waals surface area (Å²) in [6.07, 6.45) is 7.34. The van der Waals surface area contributed by atoms with Gasteiger partial charge in [0.05, 0.1) is 0 Å². The molecule has 0 aromatic carbocycles. The maximum absolute atomic E-state index is 2.34. The van der Waals surface area contributed by atoms with Crippen molar-refractivity contribution >= 4 is 7.28 Å². The molecular formula is C9H19B. The molecule has 0 aromatic rings. The van der Waals surface area contributed by atoms with Crippen molar-refractivity contribution in [3.8, 4) is 0 Å². The highest BCUT2D eigenvalue weighted by Crippen LogP contribution is 2.33. The Hall–Kier alpha value is 0.0649. The topological polar surface area (TPSA) is 0 Å². The molecule has 0 nitrogen and oxygen atoms in total. The molecule has 0 aliphatic carbocycles. The average Bonchev–Trinajstić information content (AvgIpc) is 2.05. The Balaban J connectivity index is 2.25. The fourth-order valence-electron chi connectivity index (χ4n) is 2.14. The Morgan fingerprint density at radius 2 is 1.60 bits per heavy atom. The van der Waals surface area contributed by atoms with E-state index in [1.54, 1.807) is 0 Å². The molecule has 1 fully saturated rings. The largest absolute Gasteiger partial charge is 0.127 e. The first-order chi connectivity index (χ1) is 4.86. The Morgan fingerprint density at radius 1 is 1.10 bits per heavy atom. The van der Waals surface area contributed by atoms with Crippen molar-refractivity contribution < 1.29 is 0 Å². The molecule has 0 spiro atoms. The van der Waals surface area contributed by atoms with Crippen molar-refractivity contribution in [2.45, 2.75) is 57.6 Å². The van der Waals surface area contributed by atoms with Gasteiger partial charge in [0.2, 0.25) is 0 Å². The van der Waals surface area contributed by atoms with Crippen molar-refractivity contribution in [1.82, 2.24) is 0 Å². The molecular weight excluding hydrogens is 119 g/mol. The van der Waals surface area contributed by atoms with E-state index in [1.165, 1.54) is 39.4 Å². The summed E-state index contributed by atoms with van der Waals surface area (Å²) in [5.74, 6) is 2.14. The molecule has 1 saturated heterocycles. The third kappa shape index (κ3) is 2.03. The lowest BCUT2D eigenvalue weighted by Gasteiger charge is -2.25. The van der Waals surface area contributed by atoms with Crippen LogP contribution in [0.4, 0.5) is 0 Å². The molecule has 0 aromatic heterocycles. The smallest absolute Gasteiger partial charge is 0.0658 e. The molecule has 0 saturated carbocycles. The van der Waals surface area contributed by atoms with Crippen LogP contribution in [-0.4, -0.2) is 7.28 Å². The molecule has 1 rings (SSSR count). The molecule has 0 bridgehead atoms. The van der Waals surface area contributed by atoms with Gasteiger partial charge in [-0.1, -0.05) is 57.6 Å². The van der Waals surface area contributed by atoms with E-state index < -0.39 is 0 Å². The van der Waals surface area contributed by atoms with Crippen LogP contribution >= 0.6 is 0 Å². The van der Waals surface area contributed by atoms with Gasteiger partial charge in [-0.25, -0.2) is 0 Å². The van der Waals surface area contributed by atoms with Crippen LogP contribution < -0.4 is 0 Å². The number of rotatable bonds is 2. The summed E-state index contributed by atoms with van der Waals surface area (Å²) >= 11 is 0. The lowest BCUT2D eigenvalue weighted by molar-refractivity contribution is 0.548. The third-order valence-corrected chi connectivity index (χ3v) is 3.05. The predicted molar refractivity (Wildman–Crippen MR) is 49.1 cm³/mol. The van der Waals surface area contributed by atoms with Gasteiger partial charge in [0.1, 0.15) is 7.28 Å². The maximum atomic E-state index is 2.34. The van der Waals surface area contributed by atoms with E-state index in [4.69, 9.17) is 0 Å². The molecule has 10 heavy (non-hydrogen) atoms. The third-order valence-electron chi connectivity index (χ3n) is 3.05. The second-order valence-corrected chi connectivity index (χ2v) is 3.72. The lowest BCUT2D eigenvalue weighted by atomic mass is 9.48. The van der Waals surface area contributed by atoms with Crippen LogP contribution in [0.2, 0.25) is 11.6 Å². The van der Waals surface area contributed by atoms with Crippen molar-refractivity contribution in [2.24, 2.45) is 0 Å². The quantitative estimate of drug-likeness (QED) is 0.514. The molecule has 58 valence electrons. The average molecular weight is 138 g/mol. The molecule has 0 radical (unpaired) electrons. The first-order valence-electron chi connectivity index (χ1n) is 4.86. The first kappa shape index (κ1) is 8.16. The Labute approximate surface area is 65.6 Å². The second kappa shape index (κ2) is 4.05. The Morgan fingerprint density at radius 3 is 2.00 bits per heavy atom. The van der Waals surface area contributed by atoms with Gasteiger partial charge < -0.3 is 0 Å². The van der Waals surface area contributed by atoms with Crippen molar-refractivity contribution in [3.63, 3.8) is 0 Å². The minimum atomic E-state index is 1.07. The summed E-state index contributed by atoms with van der Waals surface area (Å²) in [5.41, 5.74) is 0. The molecule has 1 heteroatoms. The molecule has 1 aliphatic rings. The zero-order chi connectivity index (χ0) is 7.40. The van der Waals surface area contributed by atoms with Crippen LogP contribution in [0.5, 0.6) is 0 Å². The van der Waals surface area contributed by atoms with E-state index in [1.807, 2.05) is 0 Å². The van der Waals surface area contributed by atoms with Gasteiger partial charge in [-0.3, -0.25) is 0 Å². The van der Waals surface area contributed by atoms with Gasteiger partial charge in [0.15, 0.2) is 0 Å². The predicted octanol–water partition coefficient (Wildman–Crippen LogP) is 3.00. The van der Waals surface area contributed by atoms with Crippen LogP contribution in [0, 0.1) is 0 Å². The summed E-state index contributed by atoms with van der Waals surface area (Å²) in [4.78, 5) is 0. The van der Waals surface area contributed by atoms with Crippen molar-refractivity contribution in [3.05, 3.63) is 0 Å². The Bertz CT molecular complexity index is 80.7. The summed E-state index contributed by atoms with van der Waals surface area (Å²) in [7, 11) is 1.52. The standard InChI is InChI=1S/C9H19B/c1-3-8-6-5-7-9(4-2)10-8/h8-10H,3-7H2,1-2H3. The summed E-state index contributed by atoms with van der Waals surface area (Å²) in [5, 5.41) is 0. The zero-order valence-corrected chi connectivity index (χ0v) is 7.40. The molecule has 1 aliphatic heterocycles. The van der Waals surface area contributed by atoms with Crippen LogP contribution in [0.15, 0.2) is 0 Å². The summed E-state index contributed by atoms with van der Waals surface area (Å²) in [6, 6.07) is 0. The maximum Gasteiger partial charge on any atom is 0.127 e. The van der Waals surface area contributed by atoms with Crippen LogP contribution in [0.25, 0.3) is 0 Å². The molecule has 2 unspecified atom stereocenters. The highest BCUT2D eigenvalue weighted by molar-refractivity contribution is 6.39. The van der Waals surface area contributed by atoms with Crippen molar-refractivity contribution in [1.29, 1.82) is 0 Å². The van der Waals surface area contributed by atoms with Crippen LogP contribution in [0.1, 0.15) is 46.0 Å². The van der Waals surface area contributed by atoms with Gasteiger partial charge >= 0.3 is 0 Å². The van der Waals surface area contributed by atoms with Crippen LogP contribution in [-0.2, 0) is 0 Å². The van der Waals surface area contributed by atoms with E-state index in [-0.39, 0.29) is 0 Å². The van der Waals surface area contributed by atoms with E-state index in [0.717, 1.165) is 11.6 Å². The van der Waals surface area contributed by atoms with Gasteiger partial charge in [0.25, 0.3) is 0 Å². The van der Waals surface area contributed by atoms with E-state index in [0.29, 0.717) is 0 Å². The molecule has 1 heterocycles. The number of hydrogen-bond acceptors (Lipinski definition) is 0. The second-order valence-electron chi connectivity index (χ2n) is 3.72. The van der Waals surface area contributed by atoms with Gasteiger partial charge in [-0.2, -0.15) is 0 Å². The summed E-state index contributed by atoms with van der Waals surface area (Å²) in [6.45, 7) is 4.67. The van der Waals surface area contributed by atoms with Gasteiger partial charge in [-0.05, 0) is 0 Å². The van der Waals surface area contributed by atoms with Crippen molar-refractivity contribution in [2.75, 3.05) is 0 Å². The number of hydrogen-bond donors (Lipinski definition) is 0. The molecule has 2 atom stereocenters. The highest BCUT2D eigenvalue weighted by Gasteiger charge is 2.20. The fraction of sp³-hybridized carbons (Fsp3) is 1.00. The van der Waals surface area contributed by atoms with E-state index >= 15 is 0 Å². The SMILES string of the molecule is CCC1BC(CC)CCC1. The van der Waals surface area contributed by atoms with E-state index in [9.17, 15) is 0 Å².